The lowest BCUT2D eigenvalue weighted by Crippen LogP contribution is -1.94. The summed E-state index contributed by atoms with van der Waals surface area (Å²) >= 11 is 13.2. The van der Waals surface area contributed by atoms with Crippen molar-refractivity contribution in [3.8, 4) is 11.4 Å². The van der Waals surface area contributed by atoms with Crippen LogP contribution in [-0.4, -0.2) is 14.8 Å². The Labute approximate surface area is 95.3 Å². The van der Waals surface area contributed by atoms with E-state index in [1.54, 1.807) is 6.33 Å². The third-order valence-corrected chi connectivity index (χ3v) is 3.34. The van der Waals surface area contributed by atoms with Crippen LogP contribution in [0.1, 0.15) is 6.92 Å². The monoisotopic (exact) mass is 247 g/mol. The molecule has 0 bridgehead atoms. The molecule has 0 radical (unpaired) electrons. The summed E-state index contributed by atoms with van der Waals surface area (Å²) < 4.78 is 3.23. The van der Waals surface area contributed by atoms with Crippen molar-refractivity contribution in [2.24, 2.45) is 0 Å². The first-order valence-corrected chi connectivity index (χ1v) is 5.62. The lowest BCUT2D eigenvalue weighted by Gasteiger charge is -2.00. The predicted molar refractivity (Wildman–Crippen MR) is 59.0 cm³/mol. The van der Waals surface area contributed by atoms with Gasteiger partial charge in [0.1, 0.15) is 10.7 Å². The molecule has 0 saturated carbocycles. The van der Waals surface area contributed by atoms with Gasteiger partial charge in [0.05, 0.1) is 9.90 Å². The Bertz CT molecular complexity index is 449. The van der Waals surface area contributed by atoms with Gasteiger partial charge in [0.2, 0.25) is 0 Å². The second-order valence-corrected chi connectivity index (χ2v) is 4.96. The largest absolute Gasteiger partial charge is 0.314 e. The van der Waals surface area contributed by atoms with Crippen LogP contribution in [-0.2, 0) is 6.54 Å². The van der Waals surface area contributed by atoms with Crippen molar-refractivity contribution in [2.45, 2.75) is 13.5 Å². The van der Waals surface area contributed by atoms with Gasteiger partial charge in [-0.25, -0.2) is 0 Å². The highest BCUT2D eigenvalue weighted by molar-refractivity contribution is 7.20. The Morgan fingerprint density at radius 3 is 2.86 bits per heavy atom. The van der Waals surface area contributed by atoms with Crippen LogP contribution in [0.4, 0.5) is 0 Å². The smallest absolute Gasteiger partial charge is 0.166 e. The van der Waals surface area contributed by atoms with Gasteiger partial charge in [-0.15, -0.1) is 21.5 Å². The van der Waals surface area contributed by atoms with Gasteiger partial charge in [0.25, 0.3) is 0 Å². The molecule has 0 saturated heterocycles. The quantitative estimate of drug-likeness (QED) is 0.816. The Balaban J connectivity index is 2.53. The number of hydrogen-bond acceptors (Lipinski definition) is 3. The summed E-state index contributed by atoms with van der Waals surface area (Å²) in [5, 5.41) is 7.84. The predicted octanol–water partition coefficient (Wildman–Crippen LogP) is 3.33. The average molecular weight is 248 g/mol. The Morgan fingerprint density at radius 2 is 2.29 bits per heavy atom. The highest BCUT2D eigenvalue weighted by Crippen LogP contribution is 2.36. The minimum atomic E-state index is 0.651. The van der Waals surface area contributed by atoms with Crippen molar-refractivity contribution < 1.29 is 0 Å². The normalized spacial score (nSPS) is 10.8. The topological polar surface area (TPSA) is 30.7 Å². The number of rotatable bonds is 2. The maximum atomic E-state index is 6.02. The zero-order valence-corrected chi connectivity index (χ0v) is 9.70. The number of thiophene rings is 1. The first kappa shape index (κ1) is 9.96. The van der Waals surface area contributed by atoms with Gasteiger partial charge in [-0.05, 0) is 13.0 Å². The summed E-state index contributed by atoms with van der Waals surface area (Å²) in [5.74, 6) is 0.764. The number of hydrogen-bond donors (Lipinski definition) is 0. The highest BCUT2D eigenvalue weighted by Gasteiger charge is 2.13. The zero-order chi connectivity index (χ0) is 10.1. The third kappa shape index (κ3) is 1.65. The van der Waals surface area contributed by atoms with Crippen molar-refractivity contribution in [1.82, 2.24) is 14.8 Å². The van der Waals surface area contributed by atoms with Gasteiger partial charge in [-0.3, -0.25) is 0 Å². The summed E-state index contributed by atoms with van der Waals surface area (Å²) in [6.45, 7) is 2.83. The lowest BCUT2D eigenvalue weighted by molar-refractivity contribution is 0.767. The second-order valence-electron chi connectivity index (χ2n) is 2.68. The van der Waals surface area contributed by atoms with E-state index in [2.05, 4.69) is 10.2 Å². The minimum Gasteiger partial charge on any atom is -0.314 e. The molecule has 0 aliphatic rings. The molecule has 2 heterocycles. The number of halogens is 2. The van der Waals surface area contributed by atoms with Crippen LogP contribution in [0, 0.1) is 0 Å². The SMILES string of the molecule is CCn1cnnc1-c1cc(Cl)sc1Cl. The number of nitrogens with zero attached hydrogens (tertiary/aromatic N) is 3. The van der Waals surface area contributed by atoms with Crippen LogP contribution < -0.4 is 0 Å². The molecule has 2 aromatic heterocycles. The Hall–Kier alpha value is -0.580. The summed E-state index contributed by atoms with van der Waals surface area (Å²) in [5.41, 5.74) is 0.848. The van der Waals surface area contributed by atoms with Gasteiger partial charge in [0, 0.05) is 6.54 Å². The van der Waals surface area contributed by atoms with E-state index in [9.17, 15) is 0 Å². The standard InChI is InChI=1S/C8H7Cl2N3S/c1-2-13-4-11-12-8(13)5-3-6(9)14-7(5)10/h3-4H,2H2,1H3. The fraction of sp³-hybridized carbons (Fsp3) is 0.250. The Kier molecular flexibility index (Phi) is 2.76. The summed E-state index contributed by atoms with van der Waals surface area (Å²) in [4.78, 5) is 0. The van der Waals surface area contributed by atoms with Crippen molar-refractivity contribution >= 4 is 34.5 Å². The van der Waals surface area contributed by atoms with E-state index < -0.39 is 0 Å². The summed E-state index contributed by atoms with van der Waals surface area (Å²) in [7, 11) is 0. The molecule has 14 heavy (non-hydrogen) atoms. The van der Waals surface area contributed by atoms with Gasteiger partial charge in [-0.2, -0.15) is 0 Å². The van der Waals surface area contributed by atoms with E-state index in [1.165, 1.54) is 11.3 Å². The number of aryl methyl sites for hydroxylation is 1. The van der Waals surface area contributed by atoms with Crippen molar-refractivity contribution in [2.75, 3.05) is 0 Å². The maximum absolute atomic E-state index is 6.02. The van der Waals surface area contributed by atoms with Crippen molar-refractivity contribution in [3.05, 3.63) is 21.1 Å². The molecule has 0 aliphatic carbocycles. The van der Waals surface area contributed by atoms with Crippen molar-refractivity contribution in [3.63, 3.8) is 0 Å². The first-order chi connectivity index (χ1) is 6.72. The molecule has 0 N–H and O–H groups in total. The van der Waals surface area contributed by atoms with Crippen LogP contribution in [0.2, 0.25) is 8.67 Å². The van der Waals surface area contributed by atoms with Gasteiger partial charge in [0.15, 0.2) is 5.82 Å². The van der Waals surface area contributed by atoms with Crippen LogP contribution in [0.3, 0.4) is 0 Å². The van der Waals surface area contributed by atoms with Crippen LogP contribution in [0.15, 0.2) is 12.4 Å². The van der Waals surface area contributed by atoms with Gasteiger partial charge in [-0.1, -0.05) is 23.2 Å². The molecular formula is C8H7Cl2N3S. The molecule has 0 aliphatic heterocycles. The van der Waals surface area contributed by atoms with E-state index >= 15 is 0 Å². The molecule has 2 rings (SSSR count). The molecule has 0 aromatic carbocycles. The van der Waals surface area contributed by atoms with Gasteiger partial charge >= 0.3 is 0 Å². The molecule has 0 atom stereocenters. The molecule has 0 unspecified atom stereocenters. The summed E-state index contributed by atoms with van der Waals surface area (Å²) in [6, 6.07) is 1.81. The molecule has 3 nitrogen and oxygen atoms in total. The van der Waals surface area contributed by atoms with E-state index in [1.807, 2.05) is 17.6 Å². The molecule has 0 fully saturated rings. The van der Waals surface area contributed by atoms with E-state index in [-0.39, 0.29) is 0 Å². The molecule has 2 aromatic rings. The molecule has 0 spiro atoms. The third-order valence-electron chi connectivity index (χ3n) is 1.85. The summed E-state index contributed by atoms with van der Waals surface area (Å²) in [6.07, 6.45) is 1.68. The van der Waals surface area contributed by atoms with Crippen LogP contribution >= 0.6 is 34.5 Å². The zero-order valence-electron chi connectivity index (χ0n) is 7.37. The van der Waals surface area contributed by atoms with Crippen LogP contribution in [0.25, 0.3) is 11.4 Å². The fourth-order valence-corrected chi connectivity index (χ4v) is 2.64. The fourth-order valence-electron chi connectivity index (χ4n) is 1.19. The van der Waals surface area contributed by atoms with E-state index in [0.29, 0.717) is 8.67 Å². The molecule has 6 heteroatoms. The average Bonchev–Trinajstić information content (AvgIpc) is 2.71. The highest BCUT2D eigenvalue weighted by atomic mass is 35.5. The minimum absolute atomic E-state index is 0.651. The Morgan fingerprint density at radius 1 is 1.50 bits per heavy atom. The molecular weight excluding hydrogens is 241 g/mol. The lowest BCUT2D eigenvalue weighted by atomic mass is 10.3. The number of aromatic nitrogens is 3. The van der Waals surface area contributed by atoms with Gasteiger partial charge < -0.3 is 4.57 Å². The molecule has 74 valence electrons. The first-order valence-electron chi connectivity index (χ1n) is 4.05. The van der Waals surface area contributed by atoms with Crippen LogP contribution in [0.5, 0.6) is 0 Å². The molecule has 0 amide bonds. The van der Waals surface area contributed by atoms with E-state index in [0.717, 1.165) is 17.9 Å². The maximum Gasteiger partial charge on any atom is 0.166 e. The second kappa shape index (κ2) is 3.88. The van der Waals surface area contributed by atoms with E-state index in [4.69, 9.17) is 23.2 Å². The van der Waals surface area contributed by atoms with Crippen molar-refractivity contribution in [1.29, 1.82) is 0 Å².